The van der Waals surface area contributed by atoms with E-state index in [0.717, 1.165) is 24.8 Å². The Morgan fingerprint density at radius 2 is 1.74 bits per heavy atom. The van der Waals surface area contributed by atoms with Gasteiger partial charge in [-0.2, -0.15) is 0 Å². The summed E-state index contributed by atoms with van der Waals surface area (Å²) < 4.78 is 0. The van der Waals surface area contributed by atoms with Crippen molar-refractivity contribution >= 4 is 11.9 Å². The topological polar surface area (TPSA) is 66.4 Å². The quantitative estimate of drug-likeness (QED) is 0.912. The number of nitrogens with one attached hydrogen (secondary N) is 1. The molecule has 2 aromatic carbocycles. The third-order valence-electron chi connectivity index (χ3n) is 4.39. The fourth-order valence-electron chi connectivity index (χ4n) is 3.02. The van der Waals surface area contributed by atoms with Gasteiger partial charge in [-0.1, -0.05) is 36.4 Å². The molecule has 0 radical (unpaired) electrons. The van der Waals surface area contributed by atoms with E-state index >= 15 is 0 Å². The van der Waals surface area contributed by atoms with Gasteiger partial charge in [-0.15, -0.1) is 0 Å². The minimum absolute atomic E-state index is 0.0168. The molecule has 0 aromatic heterocycles. The average Bonchev–Trinajstić information content (AvgIpc) is 2.59. The van der Waals surface area contributed by atoms with Crippen LogP contribution >= 0.6 is 0 Å². The molecule has 0 heterocycles. The molecular weight excluding hydrogens is 290 g/mol. The maximum atomic E-state index is 12.4. The summed E-state index contributed by atoms with van der Waals surface area (Å²) >= 11 is 0. The van der Waals surface area contributed by atoms with Crippen LogP contribution in [0.15, 0.2) is 48.5 Å². The first-order valence-electron chi connectivity index (χ1n) is 7.80. The van der Waals surface area contributed by atoms with Gasteiger partial charge >= 0.3 is 5.97 Å². The highest BCUT2D eigenvalue weighted by molar-refractivity contribution is 5.87. The number of hydrogen-bond donors (Lipinski definition) is 2. The van der Waals surface area contributed by atoms with Crippen LogP contribution in [0.3, 0.4) is 0 Å². The standard InChI is InChI=1S/C19H19NO3/c21-18(17-10-9-14-3-1-2-4-16(14)11-17)20-12-13-5-7-15(8-6-13)19(22)23/h1-8,17H,9-12H2,(H,20,21)(H,22,23). The molecule has 4 nitrogen and oxygen atoms in total. The van der Waals surface area contributed by atoms with E-state index < -0.39 is 5.97 Å². The van der Waals surface area contributed by atoms with Crippen molar-refractivity contribution in [1.29, 1.82) is 0 Å². The van der Waals surface area contributed by atoms with E-state index in [1.54, 1.807) is 24.3 Å². The zero-order valence-corrected chi connectivity index (χ0v) is 12.8. The maximum absolute atomic E-state index is 12.4. The molecule has 0 aliphatic heterocycles. The smallest absolute Gasteiger partial charge is 0.335 e. The molecule has 1 aliphatic carbocycles. The van der Waals surface area contributed by atoms with Gasteiger partial charge in [0.2, 0.25) is 5.91 Å². The molecule has 2 N–H and O–H groups in total. The number of aryl methyl sites for hydroxylation is 1. The highest BCUT2D eigenvalue weighted by atomic mass is 16.4. The summed E-state index contributed by atoms with van der Waals surface area (Å²) in [5, 5.41) is 11.8. The molecule has 0 bridgehead atoms. The van der Waals surface area contributed by atoms with Crippen molar-refractivity contribution in [2.45, 2.75) is 25.8 Å². The van der Waals surface area contributed by atoms with E-state index in [1.165, 1.54) is 11.1 Å². The van der Waals surface area contributed by atoms with Crippen LogP contribution in [0.25, 0.3) is 0 Å². The Morgan fingerprint density at radius 3 is 2.43 bits per heavy atom. The molecule has 118 valence electrons. The van der Waals surface area contributed by atoms with E-state index in [1.807, 2.05) is 12.1 Å². The fourth-order valence-corrected chi connectivity index (χ4v) is 3.02. The minimum Gasteiger partial charge on any atom is -0.478 e. The molecule has 1 atom stereocenters. The van der Waals surface area contributed by atoms with Crippen molar-refractivity contribution in [2.24, 2.45) is 5.92 Å². The molecule has 0 fully saturated rings. The van der Waals surface area contributed by atoms with Gasteiger partial charge in [-0.25, -0.2) is 4.79 Å². The van der Waals surface area contributed by atoms with Crippen molar-refractivity contribution in [2.75, 3.05) is 0 Å². The molecular formula is C19H19NO3. The molecule has 1 amide bonds. The number of rotatable bonds is 4. The summed E-state index contributed by atoms with van der Waals surface area (Å²) in [5.41, 5.74) is 3.77. The normalized spacial score (nSPS) is 16.4. The van der Waals surface area contributed by atoms with Crippen molar-refractivity contribution in [3.05, 3.63) is 70.8 Å². The highest BCUT2D eigenvalue weighted by Gasteiger charge is 2.24. The Morgan fingerprint density at radius 1 is 1.04 bits per heavy atom. The van der Waals surface area contributed by atoms with Crippen molar-refractivity contribution < 1.29 is 14.7 Å². The van der Waals surface area contributed by atoms with E-state index in [-0.39, 0.29) is 17.4 Å². The van der Waals surface area contributed by atoms with E-state index in [4.69, 9.17) is 5.11 Å². The largest absolute Gasteiger partial charge is 0.478 e. The average molecular weight is 309 g/mol. The van der Waals surface area contributed by atoms with Gasteiger partial charge < -0.3 is 10.4 Å². The summed E-state index contributed by atoms with van der Waals surface area (Å²) in [6.07, 6.45) is 2.61. The minimum atomic E-state index is -0.943. The number of carbonyl (C=O) groups excluding carboxylic acids is 1. The first-order valence-corrected chi connectivity index (χ1v) is 7.80. The molecule has 0 saturated carbocycles. The van der Waals surface area contributed by atoms with Gasteiger partial charge in [-0.05, 0) is 48.1 Å². The number of aromatic carboxylic acids is 1. The van der Waals surface area contributed by atoms with E-state index in [9.17, 15) is 9.59 Å². The van der Waals surface area contributed by atoms with E-state index in [0.29, 0.717) is 6.54 Å². The number of benzene rings is 2. The van der Waals surface area contributed by atoms with Gasteiger partial charge in [0.15, 0.2) is 0 Å². The van der Waals surface area contributed by atoms with Crippen LogP contribution in [0.5, 0.6) is 0 Å². The van der Waals surface area contributed by atoms with Crippen LogP contribution < -0.4 is 5.32 Å². The zero-order chi connectivity index (χ0) is 16.2. The first kappa shape index (κ1) is 15.3. The third-order valence-corrected chi connectivity index (χ3v) is 4.39. The second-order valence-corrected chi connectivity index (χ2v) is 5.93. The Bertz CT molecular complexity index is 722. The van der Waals surface area contributed by atoms with E-state index in [2.05, 4.69) is 17.4 Å². The Balaban J connectivity index is 1.57. The molecule has 23 heavy (non-hydrogen) atoms. The Labute approximate surface area is 135 Å². The van der Waals surface area contributed by atoms with Gasteiger partial charge in [0.1, 0.15) is 0 Å². The number of amides is 1. The lowest BCUT2D eigenvalue weighted by atomic mass is 9.83. The highest BCUT2D eigenvalue weighted by Crippen LogP contribution is 2.25. The number of carboxylic acid groups (broad SMARTS) is 1. The van der Waals surface area contributed by atoms with Crippen LogP contribution in [-0.4, -0.2) is 17.0 Å². The molecule has 0 saturated heterocycles. The molecule has 2 aromatic rings. The fraction of sp³-hybridized carbons (Fsp3) is 0.263. The van der Waals surface area contributed by atoms with Crippen LogP contribution in [0, 0.1) is 5.92 Å². The molecule has 0 spiro atoms. The first-order chi connectivity index (χ1) is 11.1. The molecule has 3 rings (SSSR count). The second kappa shape index (κ2) is 6.65. The summed E-state index contributed by atoms with van der Waals surface area (Å²) in [7, 11) is 0. The lowest BCUT2D eigenvalue weighted by molar-refractivity contribution is -0.125. The van der Waals surface area contributed by atoms with Gasteiger partial charge in [-0.3, -0.25) is 4.79 Å². The molecule has 1 aliphatic rings. The van der Waals surface area contributed by atoms with Gasteiger partial charge in [0, 0.05) is 12.5 Å². The number of fused-ring (bicyclic) bond motifs is 1. The van der Waals surface area contributed by atoms with Crippen LogP contribution in [0.2, 0.25) is 0 Å². The predicted octanol–water partition coefficient (Wildman–Crippen LogP) is 2.81. The maximum Gasteiger partial charge on any atom is 0.335 e. The number of carboxylic acids is 1. The summed E-state index contributed by atoms with van der Waals surface area (Å²) in [6.45, 7) is 0.427. The lowest BCUT2D eigenvalue weighted by Crippen LogP contribution is -2.33. The van der Waals surface area contributed by atoms with Crippen LogP contribution in [-0.2, 0) is 24.2 Å². The zero-order valence-electron chi connectivity index (χ0n) is 12.8. The van der Waals surface area contributed by atoms with Gasteiger partial charge in [0.05, 0.1) is 5.56 Å². The van der Waals surface area contributed by atoms with Crippen molar-refractivity contribution in [1.82, 2.24) is 5.32 Å². The Hall–Kier alpha value is -2.62. The molecule has 1 unspecified atom stereocenters. The second-order valence-electron chi connectivity index (χ2n) is 5.93. The third kappa shape index (κ3) is 3.59. The van der Waals surface area contributed by atoms with Crippen LogP contribution in [0.4, 0.5) is 0 Å². The Kier molecular flexibility index (Phi) is 4.42. The van der Waals surface area contributed by atoms with Gasteiger partial charge in [0.25, 0.3) is 0 Å². The SMILES string of the molecule is O=C(O)c1ccc(CNC(=O)C2CCc3ccccc3C2)cc1. The van der Waals surface area contributed by atoms with Crippen LogP contribution in [0.1, 0.15) is 33.5 Å². The summed E-state index contributed by atoms with van der Waals surface area (Å²) in [6, 6.07) is 14.9. The predicted molar refractivity (Wildman–Crippen MR) is 87.2 cm³/mol. The number of carbonyl (C=O) groups is 2. The summed E-state index contributed by atoms with van der Waals surface area (Å²) in [5.74, 6) is -0.855. The van der Waals surface area contributed by atoms with Crippen molar-refractivity contribution in [3.8, 4) is 0 Å². The summed E-state index contributed by atoms with van der Waals surface area (Å²) in [4.78, 5) is 23.2. The number of hydrogen-bond acceptors (Lipinski definition) is 2. The lowest BCUT2D eigenvalue weighted by Gasteiger charge is -2.23. The molecule has 4 heteroatoms. The monoisotopic (exact) mass is 309 g/mol. The van der Waals surface area contributed by atoms with Crippen molar-refractivity contribution in [3.63, 3.8) is 0 Å².